The van der Waals surface area contributed by atoms with Crippen molar-refractivity contribution in [2.45, 2.75) is 5.75 Å². The van der Waals surface area contributed by atoms with E-state index in [-0.39, 0.29) is 5.75 Å². The van der Waals surface area contributed by atoms with Crippen LogP contribution in [0.15, 0.2) is 11.4 Å². The molecule has 1 aromatic rings. The van der Waals surface area contributed by atoms with Gasteiger partial charge in [0.2, 0.25) is 9.05 Å². The van der Waals surface area contributed by atoms with Crippen molar-refractivity contribution in [2.24, 2.45) is 0 Å². The summed E-state index contributed by atoms with van der Waals surface area (Å²) < 4.78 is 24.6. The van der Waals surface area contributed by atoms with E-state index in [2.05, 4.69) is 4.37 Å². The fraction of sp³-hybridized carbons (Fsp3) is 0.250. The Morgan fingerprint density at radius 3 is 2.80 bits per heavy atom. The molecule has 0 aliphatic carbocycles. The highest BCUT2D eigenvalue weighted by Gasteiger charge is 2.07. The van der Waals surface area contributed by atoms with Crippen LogP contribution in [0.3, 0.4) is 0 Å². The second-order valence-corrected chi connectivity index (χ2v) is 5.12. The molecule has 1 rings (SSSR count). The number of halogens is 1. The highest BCUT2D eigenvalue weighted by molar-refractivity contribution is 8.13. The number of hydrogen-bond donors (Lipinski definition) is 0. The van der Waals surface area contributed by atoms with E-state index < -0.39 is 9.05 Å². The van der Waals surface area contributed by atoms with Crippen LogP contribution < -0.4 is 0 Å². The molecule has 56 valence electrons. The lowest BCUT2D eigenvalue weighted by atomic mass is 10.5. The first-order valence-corrected chi connectivity index (χ1v) is 5.71. The van der Waals surface area contributed by atoms with E-state index in [1.54, 1.807) is 11.4 Å². The van der Waals surface area contributed by atoms with Crippen molar-refractivity contribution >= 4 is 31.3 Å². The minimum atomic E-state index is -3.43. The Hall–Kier alpha value is -0.130. The van der Waals surface area contributed by atoms with Crippen molar-refractivity contribution < 1.29 is 8.42 Å². The number of nitrogens with zero attached hydrogens (tertiary/aromatic N) is 1. The van der Waals surface area contributed by atoms with E-state index in [1.165, 1.54) is 11.5 Å². The van der Waals surface area contributed by atoms with Crippen molar-refractivity contribution in [3.63, 3.8) is 0 Å². The van der Waals surface area contributed by atoms with Gasteiger partial charge in [0.25, 0.3) is 0 Å². The Morgan fingerprint density at radius 2 is 2.40 bits per heavy atom. The van der Waals surface area contributed by atoms with Crippen molar-refractivity contribution in [3.8, 4) is 0 Å². The van der Waals surface area contributed by atoms with E-state index in [0.717, 1.165) is 0 Å². The Morgan fingerprint density at radius 1 is 1.70 bits per heavy atom. The number of aromatic nitrogens is 1. The summed E-state index contributed by atoms with van der Waals surface area (Å²) in [6.07, 6.45) is 0. The summed E-state index contributed by atoms with van der Waals surface area (Å²) in [4.78, 5) is 0. The van der Waals surface area contributed by atoms with Gasteiger partial charge in [-0.15, -0.1) is 0 Å². The average molecular weight is 198 g/mol. The minimum absolute atomic E-state index is 0.182. The minimum Gasteiger partial charge on any atom is -0.212 e. The predicted molar refractivity (Wildman–Crippen MR) is 40.6 cm³/mol. The molecule has 0 aromatic carbocycles. The zero-order valence-corrected chi connectivity index (χ0v) is 7.21. The van der Waals surface area contributed by atoms with Crippen LogP contribution in [0.1, 0.15) is 5.69 Å². The normalized spacial score (nSPS) is 11.7. The maximum absolute atomic E-state index is 10.4. The molecule has 0 aliphatic rings. The molecule has 10 heavy (non-hydrogen) atoms. The molecule has 0 radical (unpaired) electrons. The third-order valence-corrected chi connectivity index (χ3v) is 2.38. The van der Waals surface area contributed by atoms with Crippen molar-refractivity contribution in [1.82, 2.24) is 4.37 Å². The molecule has 0 saturated heterocycles. The summed E-state index contributed by atoms with van der Waals surface area (Å²) in [5.41, 5.74) is 0.500. The molecule has 0 aliphatic heterocycles. The first-order chi connectivity index (χ1) is 4.58. The highest BCUT2D eigenvalue weighted by Crippen LogP contribution is 2.08. The lowest BCUT2D eigenvalue weighted by Crippen LogP contribution is -1.93. The smallest absolute Gasteiger partial charge is 0.212 e. The maximum atomic E-state index is 10.4. The molecule has 0 unspecified atom stereocenters. The molecule has 6 heteroatoms. The largest absolute Gasteiger partial charge is 0.238 e. The topological polar surface area (TPSA) is 47.0 Å². The Labute approximate surface area is 67.2 Å². The predicted octanol–water partition coefficient (Wildman–Crippen LogP) is 1.21. The van der Waals surface area contributed by atoms with E-state index >= 15 is 0 Å². The Balaban J connectivity index is 2.75. The molecule has 0 spiro atoms. The summed E-state index contributed by atoms with van der Waals surface area (Å²) in [6, 6.07) is 1.63. The lowest BCUT2D eigenvalue weighted by molar-refractivity contribution is 0.608. The molecule has 0 saturated carbocycles. The standard InChI is InChI=1S/C4H4ClNO2S2/c5-10(7,8)3-4-1-2-9-6-4/h1-2H,3H2. The highest BCUT2D eigenvalue weighted by atomic mass is 35.7. The van der Waals surface area contributed by atoms with Gasteiger partial charge in [-0.25, -0.2) is 8.42 Å². The van der Waals surface area contributed by atoms with Crippen molar-refractivity contribution in [3.05, 3.63) is 17.1 Å². The molecule has 0 N–H and O–H groups in total. The van der Waals surface area contributed by atoms with Gasteiger partial charge in [0, 0.05) is 16.1 Å². The van der Waals surface area contributed by atoms with Gasteiger partial charge in [0.1, 0.15) is 5.75 Å². The molecule has 0 fully saturated rings. The first kappa shape index (κ1) is 7.97. The second-order valence-electron chi connectivity index (χ2n) is 1.67. The van der Waals surface area contributed by atoms with Crippen molar-refractivity contribution in [2.75, 3.05) is 0 Å². The van der Waals surface area contributed by atoms with Crippen LogP contribution in [-0.4, -0.2) is 12.8 Å². The average Bonchev–Trinajstić information content (AvgIpc) is 2.12. The third-order valence-electron chi connectivity index (χ3n) is 0.812. The van der Waals surface area contributed by atoms with E-state index in [9.17, 15) is 8.42 Å². The van der Waals surface area contributed by atoms with Gasteiger partial charge in [-0.3, -0.25) is 0 Å². The number of hydrogen-bond acceptors (Lipinski definition) is 4. The van der Waals surface area contributed by atoms with E-state index in [4.69, 9.17) is 10.7 Å². The fourth-order valence-corrected chi connectivity index (χ4v) is 1.96. The van der Waals surface area contributed by atoms with Crippen LogP contribution in [0, 0.1) is 0 Å². The van der Waals surface area contributed by atoms with Crippen LogP contribution in [-0.2, 0) is 14.8 Å². The van der Waals surface area contributed by atoms with Crippen LogP contribution in [0.2, 0.25) is 0 Å². The van der Waals surface area contributed by atoms with Crippen LogP contribution in [0.25, 0.3) is 0 Å². The number of rotatable bonds is 2. The van der Waals surface area contributed by atoms with E-state index in [1.807, 2.05) is 0 Å². The summed E-state index contributed by atoms with van der Waals surface area (Å²) in [6.45, 7) is 0. The zero-order chi connectivity index (χ0) is 7.61. The summed E-state index contributed by atoms with van der Waals surface area (Å²) in [7, 11) is 1.53. The molecule has 1 aromatic heterocycles. The van der Waals surface area contributed by atoms with Gasteiger partial charge >= 0.3 is 0 Å². The quantitative estimate of drug-likeness (QED) is 0.670. The van der Waals surface area contributed by atoms with Gasteiger partial charge in [-0.05, 0) is 17.6 Å². The summed E-state index contributed by atoms with van der Waals surface area (Å²) in [5.74, 6) is -0.182. The monoisotopic (exact) mass is 197 g/mol. The molecule has 1 heterocycles. The summed E-state index contributed by atoms with van der Waals surface area (Å²) >= 11 is 1.21. The Kier molecular flexibility index (Phi) is 2.28. The molecular weight excluding hydrogens is 194 g/mol. The van der Waals surface area contributed by atoms with Gasteiger partial charge < -0.3 is 0 Å². The van der Waals surface area contributed by atoms with Crippen molar-refractivity contribution in [1.29, 1.82) is 0 Å². The maximum Gasteiger partial charge on any atom is 0.238 e. The Bertz CT molecular complexity index is 291. The van der Waals surface area contributed by atoms with Gasteiger partial charge in [0.05, 0.1) is 5.69 Å². The van der Waals surface area contributed by atoms with Gasteiger partial charge in [-0.1, -0.05) is 0 Å². The SMILES string of the molecule is O=S(=O)(Cl)Cc1ccsn1. The van der Waals surface area contributed by atoms with Gasteiger partial charge in [-0.2, -0.15) is 4.37 Å². The second kappa shape index (κ2) is 2.86. The van der Waals surface area contributed by atoms with Gasteiger partial charge in [0.15, 0.2) is 0 Å². The molecule has 3 nitrogen and oxygen atoms in total. The van der Waals surface area contributed by atoms with Crippen LogP contribution in [0.4, 0.5) is 0 Å². The summed E-state index contributed by atoms with van der Waals surface area (Å²) in [5, 5.41) is 1.71. The van der Waals surface area contributed by atoms with Crippen LogP contribution in [0.5, 0.6) is 0 Å². The molecule has 0 bridgehead atoms. The first-order valence-electron chi connectivity index (χ1n) is 2.39. The van der Waals surface area contributed by atoms with E-state index in [0.29, 0.717) is 5.69 Å². The zero-order valence-electron chi connectivity index (χ0n) is 4.82. The van der Waals surface area contributed by atoms with Crippen LogP contribution >= 0.6 is 22.2 Å². The lowest BCUT2D eigenvalue weighted by Gasteiger charge is -1.87. The third kappa shape index (κ3) is 2.64. The molecule has 0 atom stereocenters. The molecule has 0 amide bonds. The fourth-order valence-electron chi connectivity index (χ4n) is 0.489. The molecular formula is C4H4ClNO2S2.